The lowest BCUT2D eigenvalue weighted by molar-refractivity contribution is -0.118. The van der Waals surface area contributed by atoms with Gasteiger partial charge in [-0.05, 0) is 48.9 Å². The Balaban J connectivity index is 1.66. The van der Waals surface area contributed by atoms with Gasteiger partial charge in [-0.1, -0.05) is 0 Å². The molecule has 24 heavy (non-hydrogen) atoms. The fourth-order valence-corrected chi connectivity index (χ4v) is 2.23. The first-order valence-electron chi connectivity index (χ1n) is 7.24. The van der Waals surface area contributed by atoms with Gasteiger partial charge in [0.05, 0.1) is 0 Å². The summed E-state index contributed by atoms with van der Waals surface area (Å²) >= 11 is 0. The van der Waals surface area contributed by atoms with Crippen LogP contribution < -0.4 is 15.7 Å². The maximum Gasteiger partial charge on any atom is 0.336 e. The molecule has 2 aromatic carbocycles. The van der Waals surface area contributed by atoms with E-state index in [9.17, 15) is 14.0 Å². The SMILES string of the molecule is Cc1cc(F)ccc1NC(=O)COc1ccc2ccc(=O)oc2c1. The van der Waals surface area contributed by atoms with Gasteiger partial charge in [-0.2, -0.15) is 0 Å². The second-order valence-corrected chi connectivity index (χ2v) is 5.25. The van der Waals surface area contributed by atoms with E-state index in [1.807, 2.05) is 0 Å². The standard InChI is InChI=1S/C18H14FNO4/c1-11-8-13(19)4-6-15(11)20-17(21)10-23-14-5-2-12-3-7-18(22)24-16(12)9-14/h2-9H,10H2,1H3,(H,20,21). The van der Waals surface area contributed by atoms with Crippen molar-refractivity contribution >= 4 is 22.6 Å². The molecule has 1 aromatic heterocycles. The maximum atomic E-state index is 13.0. The van der Waals surface area contributed by atoms with E-state index < -0.39 is 5.63 Å². The second-order valence-electron chi connectivity index (χ2n) is 5.25. The van der Waals surface area contributed by atoms with E-state index >= 15 is 0 Å². The molecule has 1 amide bonds. The van der Waals surface area contributed by atoms with Crippen molar-refractivity contribution in [3.63, 3.8) is 0 Å². The third-order valence-corrected chi connectivity index (χ3v) is 3.43. The summed E-state index contributed by atoms with van der Waals surface area (Å²) in [6.07, 6.45) is 0. The normalized spacial score (nSPS) is 10.6. The third kappa shape index (κ3) is 3.60. The number of halogens is 1. The zero-order valence-corrected chi connectivity index (χ0v) is 12.8. The fourth-order valence-electron chi connectivity index (χ4n) is 2.23. The van der Waals surface area contributed by atoms with Crippen LogP contribution in [0.15, 0.2) is 57.7 Å². The van der Waals surface area contributed by atoms with Gasteiger partial charge in [0.2, 0.25) is 0 Å². The van der Waals surface area contributed by atoms with Crippen molar-refractivity contribution in [3.8, 4) is 5.75 Å². The lowest BCUT2D eigenvalue weighted by Gasteiger charge is -2.10. The number of ether oxygens (including phenoxy) is 1. The molecule has 0 atom stereocenters. The second kappa shape index (κ2) is 6.54. The average molecular weight is 327 g/mol. The number of aryl methyl sites for hydroxylation is 1. The number of carbonyl (C=O) groups is 1. The zero-order valence-electron chi connectivity index (χ0n) is 12.8. The van der Waals surface area contributed by atoms with Crippen molar-refractivity contribution in [3.05, 3.63) is 70.3 Å². The number of rotatable bonds is 4. The largest absolute Gasteiger partial charge is 0.484 e. The molecule has 0 unspecified atom stereocenters. The van der Waals surface area contributed by atoms with Gasteiger partial charge in [-0.3, -0.25) is 4.79 Å². The number of hydrogen-bond donors (Lipinski definition) is 1. The Labute approximate surface area is 136 Å². The van der Waals surface area contributed by atoms with Crippen LogP contribution in [0.3, 0.4) is 0 Å². The lowest BCUT2D eigenvalue weighted by atomic mass is 10.2. The predicted molar refractivity (Wildman–Crippen MR) is 87.7 cm³/mol. The zero-order chi connectivity index (χ0) is 17.1. The molecule has 3 aromatic rings. The topological polar surface area (TPSA) is 68.5 Å². The summed E-state index contributed by atoms with van der Waals surface area (Å²) < 4.78 is 23.5. The molecule has 0 saturated carbocycles. The van der Waals surface area contributed by atoms with Crippen molar-refractivity contribution in [2.75, 3.05) is 11.9 Å². The van der Waals surface area contributed by atoms with Crippen LogP contribution in [0.25, 0.3) is 11.0 Å². The first-order valence-corrected chi connectivity index (χ1v) is 7.24. The Kier molecular flexibility index (Phi) is 4.29. The van der Waals surface area contributed by atoms with Gasteiger partial charge in [0.15, 0.2) is 6.61 Å². The molecular formula is C18H14FNO4. The molecule has 122 valence electrons. The Bertz CT molecular complexity index is 965. The van der Waals surface area contributed by atoms with E-state index in [2.05, 4.69) is 5.32 Å². The molecule has 1 heterocycles. The van der Waals surface area contributed by atoms with Crippen LogP contribution in [-0.2, 0) is 4.79 Å². The summed E-state index contributed by atoms with van der Waals surface area (Å²) in [7, 11) is 0. The van der Waals surface area contributed by atoms with Crippen LogP contribution >= 0.6 is 0 Å². The molecule has 0 aliphatic carbocycles. The lowest BCUT2D eigenvalue weighted by Crippen LogP contribution is -2.20. The van der Waals surface area contributed by atoms with Crippen molar-refractivity contribution in [1.29, 1.82) is 0 Å². The minimum absolute atomic E-state index is 0.223. The Morgan fingerprint density at radius 2 is 1.96 bits per heavy atom. The number of fused-ring (bicyclic) bond motifs is 1. The summed E-state index contributed by atoms with van der Waals surface area (Å²) in [5.41, 5.74) is 1.07. The molecule has 6 heteroatoms. The van der Waals surface area contributed by atoms with E-state index in [1.165, 1.54) is 24.3 Å². The molecule has 1 N–H and O–H groups in total. The molecule has 0 saturated heterocycles. The number of hydrogen-bond acceptors (Lipinski definition) is 4. The van der Waals surface area contributed by atoms with Crippen molar-refractivity contribution < 1.29 is 18.3 Å². The van der Waals surface area contributed by atoms with Crippen molar-refractivity contribution in [2.24, 2.45) is 0 Å². The molecule has 0 aliphatic rings. The van der Waals surface area contributed by atoms with Crippen LogP contribution in [0.1, 0.15) is 5.56 Å². The minimum Gasteiger partial charge on any atom is -0.484 e. The predicted octanol–water partition coefficient (Wildman–Crippen LogP) is 3.26. The number of anilines is 1. The maximum absolute atomic E-state index is 13.0. The Hall–Kier alpha value is -3.15. The fraction of sp³-hybridized carbons (Fsp3) is 0.111. The Morgan fingerprint density at radius 3 is 2.75 bits per heavy atom. The van der Waals surface area contributed by atoms with Crippen molar-refractivity contribution in [2.45, 2.75) is 6.92 Å². The molecule has 0 radical (unpaired) electrons. The van der Waals surface area contributed by atoms with E-state index in [0.29, 0.717) is 22.6 Å². The highest BCUT2D eigenvalue weighted by molar-refractivity contribution is 5.92. The van der Waals surface area contributed by atoms with Gasteiger partial charge in [0.1, 0.15) is 17.1 Å². The Morgan fingerprint density at radius 1 is 1.17 bits per heavy atom. The highest BCUT2D eigenvalue weighted by Gasteiger charge is 2.07. The van der Waals surface area contributed by atoms with Crippen LogP contribution in [0, 0.1) is 12.7 Å². The summed E-state index contributed by atoms with van der Waals surface area (Å²) in [6, 6.07) is 12.0. The number of nitrogens with one attached hydrogen (secondary N) is 1. The number of carbonyl (C=O) groups excluding carboxylic acids is 1. The van der Waals surface area contributed by atoms with Gasteiger partial charge >= 0.3 is 5.63 Å². The summed E-state index contributed by atoms with van der Waals surface area (Å²) in [6.45, 7) is 1.48. The average Bonchev–Trinajstić information content (AvgIpc) is 2.55. The van der Waals surface area contributed by atoms with Crippen LogP contribution in [0.4, 0.5) is 10.1 Å². The highest BCUT2D eigenvalue weighted by Crippen LogP contribution is 2.20. The van der Waals surface area contributed by atoms with Gasteiger partial charge in [0.25, 0.3) is 5.91 Å². The molecule has 3 rings (SSSR count). The first kappa shape index (κ1) is 15.7. The summed E-state index contributed by atoms with van der Waals surface area (Å²) in [5, 5.41) is 3.41. The molecule has 0 aliphatic heterocycles. The quantitative estimate of drug-likeness (QED) is 0.747. The summed E-state index contributed by atoms with van der Waals surface area (Å²) in [4.78, 5) is 23.2. The van der Waals surface area contributed by atoms with Gasteiger partial charge in [-0.15, -0.1) is 0 Å². The van der Waals surface area contributed by atoms with Gasteiger partial charge in [-0.25, -0.2) is 9.18 Å². The van der Waals surface area contributed by atoms with Crippen LogP contribution in [0.5, 0.6) is 5.75 Å². The van der Waals surface area contributed by atoms with Gasteiger partial charge < -0.3 is 14.5 Å². The highest BCUT2D eigenvalue weighted by atomic mass is 19.1. The smallest absolute Gasteiger partial charge is 0.336 e. The summed E-state index contributed by atoms with van der Waals surface area (Å²) in [5.74, 6) is -0.332. The van der Waals surface area contributed by atoms with Crippen LogP contribution in [-0.4, -0.2) is 12.5 Å². The van der Waals surface area contributed by atoms with E-state index in [4.69, 9.17) is 9.15 Å². The molecule has 0 spiro atoms. The molecular weight excluding hydrogens is 313 g/mol. The van der Waals surface area contributed by atoms with Crippen LogP contribution in [0.2, 0.25) is 0 Å². The molecule has 0 fully saturated rings. The van der Waals surface area contributed by atoms with Crippen molar-refractivity contribution in [1.82, 2.24) is 0 Å². The van der Waals surface area contributed by atoms with E-state index in [-0.39, 0.29) is 18.3 Å². The van der Waals surface area contributed by atoms with Gasteiger partial charge in [0, 0.05) is 23.2 Å². The van der Waals surface area contributed by atoms with E-state index in [0.717, 1.165) is 5.39 Å². The first-order chi connectivity index (χ1) is 11.5. The number of benzene rings is 2. The monoisotopic (exact) mass is 327 g/mol. The van der Waals surface area contributed by atoms with E-state index in [1.54, 1.807) is 31.2 Å². The molecule has 5 nitrogen and oxygen atoms in total. The molecule has 0 bridgehead atoms. The number of amides is 1. The third-order valence-electron chi connectivity index (χ3n) is 3.43. The minimum atomic E-state index is -0.454.